The van der Waals surface area contributed by atoms with Crippen LogP contribution in [-0.4, -0.2) is 32.8 Å². The maximum absolute atomic E-state index is 11.3. The molecule has 4 rings (SSSR count). The van der Waals surface area contributed by atoms with Gasteiger partial charge in [0.25, 0.3) is 0 Å². The molecular weight excluding hydrogens is 390 g/mol. The summed E-state index contributed by atoms with van der Waals surface area (Å²) in [6, 6.07) is 13.6. The highest BCUT2D eigenvalue weighted by molar-refractivity contribution is 5.59. The van der Waals surface area contributed by atoms with Crippen molar-refractivity contribution in [2.24, 2.45) is 0 Å². The lowest BCUT2D eigenvalue weighted by atomic mass is 10.0. The highest BCUT2D eigenvalue weighted by atomic mass is 16.6. The van der Waals surface area contributed by atoms with Crippen LogP contribution in [0.15, 0.2) is 72.6 Å². The molecule has 7 nitrogen and oxygen atoms in total. The average molecular weight is 415 g/mol. The Kier molecular flexibility index (Phi) is 6.21. The van der Waals surface area contributed by atoms with Gasteiger partial charge in [0, 0.05) is 37.2 Å². The largest absolute Gasteiger partial charge is 0.350 e. The molecule has 0 spiro atoms. The Bertz CT molecular complexity index is 1110. The van der Waals surface area contributed by atoms with E-state index in [0.29, 0.717) is 5.82 Å². The van der Waals surface area contributed by atoms with Crippen molar-refractivity contribution in [1.82, 2.24) is 14.8 Å². The number of aromatic nitrogens is 3. The quantitative estimate of drug-likeness (QED) is 0.428. The van der Waals surface area contributed by atoms with Crippen molar-refractivity contribution in [3.05, 3.63) is 99.5 Å². The predicted octanol–water partition coefficient (Wildman–Crippen LogP) is 4.78. The fourth-order valence-corrected chi connectivity index (χ4v) is 3.75. The summed E-state index contributed by atoms with van der Waals surface area (Å²) < 4.78 is 1.91. The summed E-state index contributed by atoms with van der Waals surface area (Å²) >= 11 is 0. The standard InChI is InChI=1S/C24H25N5O2/c1-19-9-10-23(29(30)31)24(26-19)27-15-11-20(12-16-27)5-2-6-21-7-3-8-22(17-21)18-28-14-4-13-25-28/h2-10,13-14,17H,11-12,15-16,18H2,1H3/b6-2+. The van der Waals surface area contributed by atoms with Crippen LogP contribution < -0.4 is 4.90 Å². The summed E-state index contributed by atoms with van der Waals surface area (Å²) in [6.07, 6.45) is 11.8. The first-order chi connectivity index (χ1) is 15.1. The van der Waals surface area contributed by atoms with Crippen LogP contribution in [0.5, 0.6) is 0 Å². The SMILES string of the molecule is Cc1ccc([N+](=O)[O-])c(N2CCC(=C/C=C/c3cccc(Cn4cccn4)c3)CC2)n1. The number of rotatable bonds is 6. The normalized spacial score (nSPS) is 14.2. The average Bonchev–Trinajstić information content (AvgIpc) is 3.27. The Labute approximate surface area is 181 Å². The second-order valence-corrected chi connectivity index (χ2v) is 7.67. The molecule has 3 aromatic rings. The van der Waals surface area contributed by atoms with Crippen LogP contribution in [0.4, 0.5) is 11.5 Å². The van der Waals surface area contributed by atoms with Crippen LogP contribution in [0.25, 0.3) is 6.08 Å². The molecule has 2 aromatic heterocycles. The number of nitrogens with zero attached hydrogens (tertiary/aromatic N) is 5. The first-order valence-corrected chi connectivity index (χ1v) is 10.4. The van der Waals surface area contributed by atoms with Crippen LogP contribution in [0.2, 0.25) is 0 Å². The number of anilines is 1. The zero-order chi connectivity index (χ0) is 21.6. The fraction of sp³-hybridized carbons (Fsp3) is 0.250. The van der Waals surface area contributed by atoms with Crippen LogP contribution in [-0.2, 0) is 6.54 Å². The molecule has 0 amide bonds. The van der Waals surface area contributed by atoms with Gasteiger partial charge >= 0.3 is 5.69 Å². The van der Waals surface area contributed by atoms with Gasteiger partial charge in [-0.3, -0.25) is 14.8 Å². The minimum Gasteiger partial charge on any atom is -0.350 e. The van der Waals surface area contributed by atoms with Gasteiger partial charge in [-0.15, -0.1) is 0 Å². The van der Waals surface area contributed by atoms with E-state index < -0.39 is 0 Å². The van der Waals surface area contributed by atoms with E-state index in [-0.39, 0.29) is 10.6 Å². The molecule has 1 fully saturated rings. The second-order valence-electron chi connectivity index (χ2n) is 7.67. The Morgan fingerprint density at radius 2 is 2.00 bits per heavy atom. The second kappa shape index (κ2) is 9.38. The van der Waals surface area contributed by atoms with Gasteiger partial charge in [0.15, 0.2) is 0 Å². The number of pyridine rings is 1. The Hall–Kier alpha value is -3.74. The zero-order valence-corrected chi connectivity index (χ0v) is 17.5. The molecule has 0 N–H and O–H groups in total. The first kappa shape index (κ1) is 20.5. The lowest BCUT2D eigenvalue weighted by Crippen LogP contribution is -2.32. The maximum atomic E-state index is 11.3. The number of nitro groups is 1. The Balaban J connectivity index is 1.38. The van der Waals surface area contributed by atoms with Crippen molar-refractivity contribution in [2.75, 3.05) is 18.0 Å². The number of aryl methyl sites for hydroxylation is 1. The lowest BCUT2D eigenvalue weighted by Gasteiger charge is -2.29. The molecule has 1 aliphatic rings. The van der Waals surface area contributed by atoms with Crippen molar-refractivity contribution in [1.29, 1.82) is 0 Å². The van der Waals surface area contributed by atoms with Crippen molar-refractivity contribution in [3.8, 4) is 0 Å². The van der Waals surface area contributed by atoms with Crippen molar-refractivity contribution < 1.29 is 4.92 Å². The van der Waals surface area contributed by atoms with Gasteiger partial charge < -0.3 is 4.90 Å². The monoisotopic (exact) mass is 415 g/mol. The summed E-state index contributed by atoms with van der Waals surface area (Å²) in [7, 11) is 0. The molecule has 0 bridgehead atoms. The third-order valence-electron chi connectivity index (χ3n) is 5.37. The minimum absolute atomic E-state index is 0.0768. The molecule has 0 atom stereocenters. The van der Waals surface area contributed by atoms with Crippen molar-refractivity contribution in [2.45, 2.75) is 26.3 Å². The molecule has 1 aromatic carbocycles. The van der Waals surface area contributed by atoms with Crippen LogP contribution in [0, 0.1) is 17.0 Å². The van der Waals surface area contributed by atoms with E-state index in [0.717, 1.165) is 43.7 Å². The summed E-state index contributed by atoms with van der Waals surface area (Å²) in [4.78, 5) is 17.4. The van der Waals surface area contributed by atoms with Gasteiger partial charge in [0.2, 0.25) is 5.82 Å². The van der Waals surface area contributed by atoms with E-state index in [1.807, 2.05) is 28.8 Å². The highest BCUT2D eigenvalue weighted by Crippen LogP contribution is 2.29. The van der Waals surface area contributed by atoms with Gasteiger partial charge in [-0.05, 0) is 49.1 Å². The highest BCUT2D eigenvalue weighted by Gasteiger charge is 2.23. The maximum Gasteiger partial charge on any atom is 0.311 e. The van der Waals surface area contributed by atoms with Crippen molar-refractivity contribution in [3.63, 3.8) is 0 Å². The number of hydrogen-bond acceptors (Lipinski definition) is 5. The third kappa shape index (κ3) is 5.25. The van der Waals surface area contributed by atoms with Gasteiger partial charge in [-0.2, -0.15) is 5.10 Å². The van der Waals surface area contributed by atoms with E-state index in [9.17, 15) is 10.1 Å². The molecule has 1 saturated heterocycles. The van der Waals surface area contributed by atoms with E-state index in [1.54, 1.807) is 18.3 Å². The number of hydrogen-bond donors (Lipinski definition) is 0. The molecule has 158 valence electrons. The first-order valence-electron chi connectivity index (χ1n) is 10.4. The van der Waals surface area contributed by atoms with Gasteiger partial charge in [-0.25, -0.2) is 4.98 Å². The fourth-order valence-electron chi connectivity index (χ4n) is 3.75. The summed E-state index contributed by atoms with van der Waals surface area (Å²) in [5.74, 6) is 0.480. The van der Waals surface area contributed by atoms with Gasteiger partial charge in [0.05, 0.1) is 11.5 Å². The van der Waals surface area contributed by atoms with E-state index in [4.69, 9.17) is 0 Å². The number of allylic oxidation sites excluding steroid dienone is 2. The minimum atomic E-state index is -0.351. The summed E-state index contributed by atoms with van der Waals surface area (Å²) in [5.41, 5.74) is 4.57. The molecule has 1 aliphatic heterocycles. The van der Waals surface area contributed by atoms with Crippen LogP contribution >= 0.6 is 0 Å². The van der Waals surface area contributed by atoms with E-state index >= 15 is 0 Å². The zero-order valence-electron chi connectivity index (χ0n) is 17.5. The molecule has 3 heterocycles. The summed E-state index contributed by atoms with van der Waals surface area (Å²) in [6.45, 7) is 4.08. The smallest absolute Gasteiger partial charge is 0.311 e. The third-order valence-corrected chi connectivity index (χ3v) is 5.37. The molecule has 31 heavy (non-hydrogen) atoms. The van der Waals surface area contributed by atoms with Gasteiger partial charge in [-0.1, -0.05) is 42.0 Å². The van der Waals surface area contributed by atoms with Crippen molar-refractivity contribution >= 4 is 17.6 Å². The molecule has 0 saturated carbocycles. The molecule has 0 unspecified atom stereocenters. The lowest BCUT2D eigenvalue weighted by molar-refractivity contribution is -0.384. The topological polar surface area (TPSA) is 77.1 Å². The van der Waals surface area contributed by atoms with Gasteiger partial charge in [0.1, 0.15) is 0 Å². The molecule has 7 heteroatoms. The molecule has 0 radical (unpaired) electrons. The Morgan fingerprint density at radius 1 is 1.16 bits per heavy atom. The molecule has 0 aliphatic carbocycles. The number of benzene rings is 1. The summed E-state index contributed by atoms with van der Waals surface area (Å²) in [5, 5.41) is 15.6. The van der Waals surface area contributed by atoms with Crippen LogP contribution in [0.1, 0.15) is 29.7 Å². The van der Waals surface area contributed by atoms with E-state index in [2.05, 4.69) is 52.6 Å². The van der Waals surface area contributed by atoms with Crippen LogP contribution in [0.3, 0.4) is 0 Å². The number of piperidine rings is 1. The predicted molar refractivity (Wildman–Crippen MR) is 122 cm³/mol. The Morgan fingerprint density at radius 3 is 2.74 bits per heavy atom. The van der Waals surface area contributed by atoms with E-state index in [1.165, 1.54) is 11.1 Å². The molecular formula is C24H25N5O2.